The quantitative estimate of drug-likeness (QED) is 0.595. The maximum atomic E-state index is 13.0. The molecule has 3 aromatic carbocycles. The molecule has 0 saturated carbocycles. The molecular formula is C21H19ClN2O3S. The van der Waals surface area contributed by atoms with Crippen LogP contribution < -0.4 is 14.8 Å². The number of hydrogen-bond donors (Lipinski definition) is 2. The van der Waals surface area contributed by atoms with Crippen molar-refractivity contribution in [3.8, 4) is 11.5 Å². The molecule has 1 aliphatic heterocycles. The molecule has 7 heteroatoms. The number of rotatable bonds is 5. The second kappa shape index (κ2) is 7.37. The lowest BCUT2D eigenvalue weighted by atomic mass is 10.1. The lowest BCUT2D eigenvalue weighted by molar-refractivity contribution is 0.485. The van der Waals surface area contributed by atoms with E-state index in [1.165, 1.54) is 6.07 Å². The van der Waals surface area contributed by atoms with Crippen LogP contribution >= 0.6 is 11.6 Å². The number of anilines is 2. The number of halogens is 1. The number of benzene rings is 3. The molecule has 1 atom stereocenters. The molecule has 2 N–H and O–H groups in total. The molecule has 0 spiro atoms. The minimum Gasteiger partial charge on any atom is -0.455 e. The maximum Gasteiger partial charge on any atom is 0.262 e. The summed E-state index contributed by atoms with van der Waals surface area (Å²) in [5.74, 6) is 0.971. The van der Waals surface area contributed by atoms with Crippen LogP contribution in [0.3, 0.4) is 0 Å². The Morgan fingerprint density at radius 1 is 1.07 bits per heavy atom. The van der Waals surface area contributed by atoms with Gasteiger partial charge in [-0.3, -0.25) is 4.72 Å². The van der Waals surface area contributed by atoms with Crippen LogP contribution in [-0.2, 0) is 16.4 Å². The molecule has 1 heterocycles. The summed E-state index contributed by atoms with van der Waals surface area (Å²) in [7, 11) is -3.80. The second-order valence-corrected chi connectivity index (χ2v) is 8.85. The standard InChI is InChI=1S/C21H19ClN2O3S/c1-14-11-15-12-18(8-9-19(15)23-14)28(25,26)24-20-13-16(22)7-10-21(20)27-17-5-3-2-4-6-17/h2-10,12-14,23-24H,11H2,1H3/t14-/m0/s1. The Morgan fingerprint density at radius 3 is 2.64 bits per heavy atom. The second-order valence-electron chi connectivity index (χ2n) is 6.73. The summed E-state index contributed by atoms with van der Waals surface area (Å²) in [5.41, 5.74) is 2.24. The number of sulfonamides is 1. The number of nitrogens with one attached hydrogen (secondary N) is 2. The third-order valence-corrected chi connectivity index (χ3v) is 6.07. The first-order valence-electron chi connectivity index (χ1n) is 8.85. The maximum absolute atomic E-state index is 13.0. The highest BCUT2D eigenvalue weighted by Gasteiger charge is 2.22. The van der Waals surface area contributed by atoms with Crippen LogP contribution in [0.2, 0.25) is 5.02 Å². The Bertz CT molecular complexity index is 1120. The first kappa shape index (κ1) is 18.7. The van der Waals surface area contributed by atoms with Gasteiger partial charge in [0, 0.05) is 16.8 Å². The SMILES string of the molecule is C[C@H]1Cc2cc(S(=O)(=O)Nc3cc(Cl)ccc3Oc3ccccc3)ccc2N1. The molecule has 0 radical (unpaired) electrons. The summed E-state index contributed by atoms with van der Waals surface area (Å²) in [6.45, 7) is 2.06. The molecule has 3 aromatic rings. The largest absolute Gasteiger partial charge is 0.455 e. The Balaban J connectivity index is 1.65. The molecule has 0 aliphatic carbocycles. The molecule has 28 heavy (non-hydrogen) atoms. The Hall–Kier alpha value is -2.70. The van der Waals surface area contributed by atoms with Gasteiger partial charge in [-0.25, -0.2) is 8.42 Å². The van der Waals surface area contributed by atoms with Crippen molar-refractivity contribution in [1.82, 2.24) is 0 Å². The predicted molar refractivity (Wildman–Crippen MR) is 112 cm³/mol. The molecule has 0 fully saturated rings. The van der Waals surface area contributed by atoms with E-state index in [2.05, 4.69) is 17.0 Å². The molecule has 0 bridgehead atoms. The van der Waals surface area contributed by atoms with E-state index in [-0.39, 0.29) is 10.6 Å². The molecule has 0 unspecified atom stereocenters. The molecule has 1 aliphatic rings. The molecular weight excluding hydrogens is 396 g/mol. The van der Waals surface area contributed by atoms with Crippen LogP contribution in [0.4, 0.5) is 11.4 Å². The van der Waals surface area contributed by atoms with Gasteiger partial charge in [-0.05, 0) is 67.4 Å². The predicted octanol–water partition coefficient (Wildman–Crippen LogP) is 5.29. The van der Waals surface area contributed by atoms with Gasteiger partial charge in [-0.15, -0.1) is 0 Å². The van der Waals surface area contributed by atoms with Gasteiger partial charge in [0.05, 0.1) is 10.6 Å². The van der Waals surface area contributed by atoms with Crippen LogP contribution in [0.5, 0.6) is 11.5 Å². The van der Waals surface area contributed by atoms with Crippen molar-refractivity contribution in [2.24, 2.45) is 0 Å². The van der Waals surface area contributed by atoms with Gasteiger partial charge in [-0.1, -0.05) is 29.8 Å². The van der Waals surface area contributed by atoms with Crippen LogP contribution in [0.15, 0.2) is 71.6 Å². The smallest absolute Gasteiger partial charge is 0.262 e. The van der Waals surface area contributed by atoms with Gasteiger partial charge in [-0.2, -0.15) is 0 Å². The topological polar surface area (TPSA) is 67.4 Å². The van der Waals surface area contributed by atoms with E-state index < -0.39 is 10.0 Å². The van der Waals surface area contributed by atoms with Crippen molar-refractivity contribution < 1.29 is 13.2 Å². The van der Waals surface area contributed by atoms with Crippen molar-refractivity contribution in [3.05, 3.63) is 77.3 Å². The number of hydrogen-bond acceptors (Lipinski definition) is 4. The fraction of sp³-hybridized carbons (Fsp3) is 0.143. The van der Waals surface area contributed by atoms with E-state index in [4.69, 9.17) is 16.3 Å². The van der Waals surface area contributed by atoms with E-state index >= 15 is 0 Å². The number of para-hydroxylation sites is 1. The highest BCUT2D eigenvalue weighted by Crippen LogP contribution is 2.34. The van der Waals surface area contributed by atoms with Crippen LogP contribution in [0, 0.1) is 0 Å². The van der Waals surface area contributed by atoms with E-state index in [0.717, 1.165) is 17.7 Å². The Morgan fingerprint density at radius 2 is 1.86 bits per heavy atom. The van der Waals surface area contributed by atoms with E-state index in [1.54, 1.807) is 42.5 Å². The normalized spacial score (nSPS) is 15.6. The van der Waals surface area contributed by atoms with Crippen molar-refractivity contribution in [2.75, 3.05) is 10.0 Å². The summed E-state index contributed by atoms with van der Waals surface area (Å²) in [6, 6.07) is 19.4. The minimum atomic E-state index is -3.80. The fourth-order valence-corrected chi connectivity index (χ4v) is 4.47. The van der Waals surface area contributed by atoms with Gasteiger partial charge in [0.25, 0.3) is 10.0 Å². The fourth-order valence-electron chi connectivity index (χ4n) is 3.18. The van der Waals surface area contributed by atoms with Gasteiger partial charge in [0.1, 0.15) is 5.75 Å². The third-order valence-electron chi connectivity index (χ3n) is 4.47. The van der Waals surface area contributed by atoms with Crippen molar-refractivity contribution in [2.45, 2.75) is 24.3 Å². The van der Waals surface area contributed by atoms with E-state index in [0.29, 0.717) is 22.6 Å². The zero-order chi connectivity index (χ0) is 19.7. The summed E-state index contributed by atoms with van der Waals surface area (Å²) < 4.78 is 34.4. The minimum absolute atomic E-state index is 0.202. The average molecular weight is 415 g/mol. The van der Waals surface area contributed by atoms with Gasteiger partial charge in [0.2, 0.25) is 0 Å². The zero-order valence-corrected chi connectivity index (χ0v) is 16.7. The summed E-state index contributed by atoms with van der Waals surface area (Å²) in [6.07, 6.45) is 0.790. The summed E-state index contributed by atoms with van der Waals surface area (Å²) >= 11 is 6.09. The molecule has 0 saturated heterocycles. The first-order chi connectivity index (χ1) is 13.4. The monoisotopic (exact) mass is 414 g/mol. The average Bonchev–Trinajstić information content (AvgIpc) is 3.04. The van der Waals surface area contributed by atoms with Crippen LogP contribution in [0.1, 0.15) is 12.5 Å². The van der Waals surface area contributed by atoms with Crippen LogP contribution in [-0.4, -0.2) is 14.5 Å². The van der Waals surface area contributed by atoms with Gasteiger partial charge >= 0.3 is 0 Å². The summed E-state index contributed by atoms with van der Waals surface area (Å²) in [4.78, 5) is 0.202. The molecule has 144 valence electrons. The first-order valence-corrected chi connectivity index (χ1v) is 10.7. The number of ether oxygens (including phenoxy) is 1. The van der Waals surface area contributed by atoms with Gasteiger partial charge in [0.15, 0.2) is 5.75 Å². The number of fused-ring (bicyclic) bond motifs is 1. The lowest BCUT2D eigenvalue weighted by Crippen LogP contribution is -2.14. The highest BCUT2D eigenvalue weighted by atomic mass is 35.5. The third kappa shape index (κ3) is 3.93. The summed E-state index contributed by atoms with van der Waals surface area (Å²) in [5, 5.41) is 3.72. The lowest BCUT2D eigenvalue weighted by Gasteiger charge is -2.14. The highest BCUT2D eigenvalue weighted by molar-refractivity contribution is 7.92. The van der Waals surface area contributed by atoms with E-state index in [1.807, 2.05) is 18.2 Å². The Kier molecular flexibility index (Phi) is 4.91. The molecule has 5 nitrogen and oxygen atoms in total. The van der Waals surface area contributed by atoms with Gasteiger partial charge < -0.3 is 10.1 Å². The van der Waals surface area contributed by atoms with Crippen molar-refractivity contribution >= 4 is 33.0 Å². The van der Waals surface area contributed by atoms with E-state index in [9.17, 15) is 8.42 Å². The molecule has 0 amide bonds. The zero-order valence-electron chi connectivity index (χ0n) is 15.1. The van der Waals surface area contributed by atoms with Crippen molar-refractivity contribution in [1.29, 1.82) is 0 Å². The van der Waals surface area contributed by atoms with Crippen LogP contribution in [0.25, 0.3) is 0 Å². The molecule has 0 aromatic heterocycles. The molecule has 4 rings (SSSR count). The Labute approximate surface area is 169 Å². The van der Waals surface area contributed by atoms with Crippen molar-refractivity contribution in [3.63, 3.8) is 0 Å².